The van der Waals surface area contributed by atoms with Crippen molar-refractivity contribution in [3.8, 4) is 0 Å². The lowest BCUT2D eigenvalue weighted by Gasteiger charge is -2.47. The van der Waals surface area contributed by atoms with E-state index in [0.717, 1.165) is 32.4 Å². The summed E-state index contributed by atoms with van der Waals surface area (Å²) in [5.41, 5.74) is 3.73. The van der Waals surface area contributed by atoms with Crippen LogP contribution in [0.5, 0.6) is 0 Å². The fraction of sp³-hybridized carbons (Fsp3) is 0.333. The molecule has 1 saturated heterocycles. The molecule has 0 spiro atoms. The van der Waals surface area contributed by atoms with Crippen LogP contribution < -0.4 is 31.2 Å². The molecule has 0 saturated carbocycles. The molecule has 3 aromatic heterocycles. The summed E-state index contributed by atoms with van der Waals surface area (Å²) in [5, 5.41) is 32.7. The van der Waals surface area contributed by atoms with Crippen LogP contribution in [0.3, 0.4) is 0 Å². The summed E-state index contributed by atoms with van der Waals surface area (Å²) in [6.45, 7) is 4.91. The van der Waals surface area contributed by atoms with E-state index in [1.807, 2.05) is 54.6 Å². The highest BCUT2D eigenvalue weighted by Crippen LogP contribution is 2.51. The molecule has 1 amide bonds. The zero-order valence-electron chi connectivity index (χ0n) is 23.3. The second-order valence-electron chi connectivity index (χ2n) is 10.7. The van der Waals surface area contributed by atoms with Gasteiger partial charge in [0, 0.05) is 29.2 Å². The Morgan fingerprint density at radius 2 is 1.86 bits per heavy atom. The second-order valence-corrected chi connectivity index (χ2v) is 12.5. The molecule has 42 heavy (non-hydrogen) atoms. The van der Waals surface area contributed by atoms with Gasteiger partial charge in [0.15, 0.2) is 18.9 Å². The Morgan fingerprint density at radius 3 is 2.48 bits per heavy atom. The summed E-state index contributed by atoms with van der Waals surface area (Å²) in [6.07, 6.45) is 9.06. The number of carbonyl (C=O) groups excluding carboxylic acids is 2. The topological polar surface area (TPSA) is 113 Å². The Balaban J connectivity index is 0.00000353. The molecule has 4 atom stereocenters. The largest absolute Gasteiger partial charge is 1.00 e. The monoisotopic (exact) mass is 670 g/mol. The minimum Gasteiger partial charge on any atom is -1.00 e. The van der Waals surface area contributed by atoms with E-state index in [9.17, 15) is 24.9 Å². The Kier molecular flexibility index (Phi) is 8.64. The van der Waals surface area contributed by atoms with E-state index in [1.54, 1.807) is 18.7 Å². The molecule has 2 aliphatic rings. The SMILES string of the molecule is CSc1c2sc(C3=C(C(=O)[O-])N4C(=O)[C@H]([C@@H](C)O)[C@H]4[C@H]3C)cn2c[n+]1Cc1cccc(C[n+]2ccc(CO)cc2)c1.[Br-]. The fourth-order valence-electron chi connectivity index (χ4n) is 6.19. The molecule has 12 heteroatoms. The van der Waals surface area contributed by atoms with Crippen molar-refractivity contribution in [2.45, 2.75) is 50.7 Å². The Labute approximate surface area is 262 Å². The first kappa shape index (κ1) is 30.4. The van der Waals surface area contributed by atoms with Gasteiger partial charge in [-0.05, 0) is 30.4 Å². The molecule has 0 radical (unpaired) electrons. The predicted octanol–water partition coefficient (Wildman–Crippen LogP) is -1.79. The number of thioether (sulfide) groups is 1. The highest BCUT2D eigenvalue weighted by atomic mass is 79.9. The van der Waals surface area contributed by atoms with Gasteiger partial charge in [-0.1, -0.05) is 48.2 Å². The van der Waals surface area contributed by atoms with Crippen LogP contribution in [0.25, 0.3) is 10.4 Å². The summed E-state index contributed by atoms with van der Waals surface area (Å²) >= 11 is 3.13. The molecule has 2 aliphatic heterocycles. The summed E-state index contributed by atoms with van der Waals surface area (Å²) in [4.78, 5) is 28.0. The third kappa shape index (κ3) is 5.09. The zero-order chi connectivity index (χ0) is 29.0. The van der Waals surface area contributed by atoms with Crippen LogP contribution in [0.2, 0.25) is 0 Å². The number of halogens is 1. The Bertz CT molecular complexity index is 1700. The van der Waals surface area contributed by atoms with Gasteiger partial charge in [0.05, 0.1) is 41.2 Å². The molecule has 0 bridgehead atoms. The van der Waals surface area contributed by atoms with Crippen molar-refractivity contribution in [1.29, 1.82) is 0 Å². The molecular weight excluding hydrogens is 640 g/mol. The van der Waals surface area contributed by atoms with Crippen molar-refractivity contribution in [1.82, 2.24) is 9.30 Å². The molecule has 0 aliphatic carbocycles. The van der Waals surface area contributed by atoms with Gasteiger partial charge in [0.25, 0.3) is 6.33 Å². The summed E-state index contributed by atoms with van der Waals surface area (Å²) in [7, 11) is 0. The van der Waals surface area contributed by atoms with E-state index in [1.165, 1.54) is 21.8 Å². The molecule has 5 heterocycles. The number of imidazole rings is 1. The van der Waals surface area contributed by atoms with E-state index >= 15 is 0 Å². The summed E-state index contributed by atoms with van der Waals surface area (Å²) in [6, 6.07) is 11.9. The predicted molar refractivity (Wildman–Crippen MR) is 151 cm³/mol. The van der Waals surface area contributed by atoms with Gasteiger partial charge in [-0.2, -0.15) is 4.40 Å². The van der Waals surface area contributed by atoms with E-state index in [-0.39, 0.29) is 47.2 Å². The van der Waals surface area contributed by atoms with Crippen molar-refractivity contribution >= 4 is 45.4 Å². The number of thiazole rings is 1. The van der Waals surface area contributed by atoms with Crippen LogP contribution >= 0.6 is 23.1 Å². The number of rotatable bonds is 9. The van der Waals surface area contributed by atoms with Gasteiger partial charge in [0.1, 0.15) is 12.7 Å². The van der Waals surface area contributed by atoms with Crippen molar-refractivity contribution < 1.29 is 51.0 Å². The van der Waals surface area contributed by atoms with Crippen molar-refractivity contribution in [2.24, 2.45) is 11.8 Å². The number of fused-ring (bicyclic) bond motifs is 2. The van der Waals surface area contributed by atoms with E-state index in [4.69, 9.17) is 0 Å². The standard InChI is InChI=1S/C30H31N4O5S2.BrH/c1-17-23(26(30(38)39)34-25(17)24(18(2)36)27(34)37)22-14-33-16-32(28(40-3)29(33)41-22)13-21-6-4-5-20(11-21)12-31-9-7-19(15-35)8-10-31;/h4-11,14,16-18,24-25,35-36H,12-13,15H2,1-3H3;1H/q+1;/p-1/t17-,18+,24+,25+;/m0./s1. The number of amides is 1. The van der Waals surface area contributed by atoms with Gasteiger partial charge in [0.2, 0.25) is 15.8 Å². The molecule has 4 aromatic rings. The van der Waals surface area contributed by atoms with E-state index < -0.39 is 18.0 Å². The van der Waals surface area contributed by atoms with Gasteiger partial charge < -0.3 is 42.0 Å². The number of aliphatic hydroxyl groups is 2. The zero-order valence-corrected chi connectivity index (χ0v) is 26.5. The lowest BCUT2D eigenvalue weighted by Crippen LogP contribution is -3.00. The summed E-state index contributed by atoms with van der Waals surface area (Å²) in [5.74, 6) is -2.58. The number of benzene rings is 1. The van der Waals surface area contributed by atoms with Crippen LogP contribution in [0.15, 0.2) is 72.0 Å². The minimum atomic E-state index is -1.37. The lowest BCUT2D eigenvalue weighted by molar-refractivity contribution is -0.721. The minimum absolute atomic E-state index is 0. The van der Waals surface area contributed by atoms with Crippen molar-refractivity contribution in [2.75, 3.05) is 6.26 Å². The maximum Gasteiger partial charge on any atom is 0.250 e. The molecular formula is C30H31BrN4O5S2. The number of nitrogens with zero attached hydrogens (tertiary/aromatic N) is 4. The number of carboxylic acid groups (broad SMARTS) is 1. The number of carbonyl (C=O) groups is 2. The highest BCUT2D eigenvalue weighted by molar-refractivity contribution is 7.98. The third-order valence-corrected chi connectivity index (χ3v) is 10.2. The quantitative estimate of drug-likeness (QED) is 0.124. The second kappa shape index (κ2) is 11.9. The number of aliphatic carboxylic acids is 1. The number of carboxylic acids is 1. The molecule has 0 unspecified atom stereocenters. The fourth-order valence-corrected chi connectivity index (χ4v) is 8.37. The van der Waals surface area contributed by atoms with Crippen molar-refractivity contribution in [3.05, 3.63) is 88.6 Å². The van der Waals surface area contributed by atoms with Crippen LogP contribution in [0.4, 0.5) is 0 Å². The Hall–Kier alpha value is -3.03. The normalized spacial score (nSPS) is 20.5. The number of hydrogen-bond donors (Lipinski definition) is 2. The smallest absolute Gasteiger partial charge is 0.250 e. The number of aromatic nitrogens is 3. The number of β-lactam (4-membered cyclic amide) rings is 1. The molecule has 6 rings (SSSR count). The number of hydrogen-bond acceptors (Lipinski definition) is 7. The van der Waals surface area contributed by atoms with Crippen LogP contribution in [0, 0.1) is 11.8 Å². The van der Waals surface area contributed by atoms with Gasteiger partial charge in [-0.15, -0.1) is 0 Å². The van der Waals surface area contributed by atoms with Gasteiger partial charge >= 0.3 is 0 Å². The molecule has 2 N–H and O–H groups in total. The average molecular weight is 672 g/mol. The van der Waals surface area contributed by atoms with E-state index in [2.05, 4.69) is 33.4 Å². The van der Waals surface area contributed by atoms with Crippen LogP contribution in [-0.2, 0) is 29.3 Å². The highest BCUT2D eigenvalue weighted by Gasteiger charge is 2.59. The lowest BCUT2D eigenvalue weighted by atomic mass is 9.77. The molecule has 1 aromatic carbocycles. The van der Waals surface area contributed by atoms with Crippen LogP contribution in [0.1, 0.15) is 35.4 Å². The molecule has 9 nitrogen and oxygen atoms in total. The van der Waals surface area contributed by atoms with Crippen molar-refractivity contribution in [3.63, 3.8) is 0 Å². The number of pyridine rings is 1. The summed E-state index contributed by atoms with van der Waals surface area (Å²) < 4.78 is 6.28. The third-order valence-electron chi connectivity index (χ3n) is 8.08. The van der Waals surface area contributed by atoms with Crippen LogP contribution in [-0.4, -0.2) is 49.8 Å². The Morgan fingerprint density at radius 1 is 1.17 bits per heavy atom. The first-order valence-electron chi connectivity index (χ1n) is 13.4. The first-order valence-corrected chi connectivity index (χ1v) is 15.5. The number of aliphatic hydroxyl groups excluding tert-OH is 2. The molecule has 1 fully saturated rings. The van der Waals surface area contributed by atoms with Gasteiger partial charge in [-0.3, -0.25) is 4.79 Å². The maximum atomic E-state index is 12.7. The maximum absolute atomic E-state index is 12.7. The average Bonchev–Trinajstić information content (AvgIpc) is 3.56. The van der Waals surface area contributed by atoms with E-state index in [0.29, 0.717) is 12.1 Å². The van der Waals surface area contributed by atoms with Gasteiger partial charge in [-0.25, -0.2) is 9.13 Å². The first-order chi connectivity index (χ1) is 19.7. The molecule has 220 valence electrons.